The number of imidazole rings is 1. The number of aromatic nitrogens is 3. The Bertz CT molecular complexity index is 3540. The summed E-state index contributed by atoms with van der Waals surface area (Å²) in [5.74, 6) is -2.75. The van der Waals surface area contributed by atoms with Crippen molar-refractivity contribution in [3.05, 3.63) is 195 Å². The minimum atomic E-state index is -4.54. The molecule has 0 saturated carbocycles. The smallest absolute Gasteiger partial charge is 0.407 e. The zero-order valence-corrected chi connectivity index (χ0v) is 49.0. The highest BCUT2D eigenvalue weighted by Crippen LogP contribution is 2.42. The van der Waals surface area contributed by atoms with Crippen molar-refractivity contribution in [1.29, 1.82) is 0 Å². The van der Waals surface area contributed by atoms with Crippen molar-refractivity contribution in [2.24, 2.45) is 4.40 Å². The summed E-state index contributed by atoms with van der Waals surface area (Å²) in [6, 6.07) is 38.9. The summed E-state index contributed by atoms with van der Waals surface area (Å²) in [6.45, 7) is 11.7. The maximum absolute atomic E-state index is 14.3. The number of carboxylic acid groups (broad SMARTS) is 1. The van der Waals surface area contributed by atoms with Crippen LogP contribution >= 0.6 is 0 Å². The van der Waals surface area contributed by atoms with Crippen molar-refractivity contribution in [1.82, 2.24) is 35.4 Å². The number of aliphatic carboxylic acids is 1. The fourth-order valence-electron chi connectivity index (χ4n) is 9.97. The molecule has 0 aliphatic heterocycles. The summed E-state index contributed by atoms with van der Waals surface area (Å²) in [6.07, 6.45) is 5.89. The molecule has 20 nitrogen and oxygen atoms in total. The molecule has 0 aliphatic carbocycles. The standard InChI is InChI=1S/C63H73N9O11S/c1-43-37-44(2)57(45(3)38-43)84(80,81)70-52(59(77)78)41-68-58(76)51-42-71(33-16-29-64-54(73)27-28-55(74)65-30-17-35-82-36-18-31-67-61(79)83-62(4,5)6)53-39-46(25-26-50(53)56(51)75)40-69-60-66-32-34-72(60)63(47-19-10-7-11-20-47,48-21-12-8-13-22-48)49-23-14-9-15-24-49/h7-15,19-26,32,34,37-39,42H,16-18,27-31,33,35-36,40-41H2,1-6H3,(H,64,73)(H,65,74)(H,66,69)(H,67,79)(H,68,76)(H,77,78)/b70-52+. The van der Waals surface area contributed by atoms with Crippen LogP contribution in [0.5, 0.6) is 0 Å². The molecule has 2 aromatic heterocycles. The summed E-state index contributed by atoms with van der Waals surface area (Å²) in [5.41, 5.74) is 2.44. The molecule has 0 aliphatic rings. The molecule has 21 heteroatoms. The van der Waals surface area contributed by atoms with E-state index in [0.717, 1.165) is 27.8 Å². The lowest BCUT2D eigenvalue weighted by atomic mass is 9.76. The number of aryl methyl sites for hydroxylation is 4. The maximum atomic E-state index is 14.3. The number of hydrogen-bond acceptors (Lipinski definition) is 12. The largest absolute Gasteiger partial charge is 0.477 e. The van der Waals surface area contributed by atoms with Gasteiger partial charge in [0.1, 0.15) is 16.7 Å². The Balaban J connectivity index is 1.06. The first-order chi connectivity index (χ1) is 40.2. The number of carbonyl (C=O) groups excluding carboxylic acids is 4. The highest BCUT2D eigenvalue weighted by Gasteiger charge is 2.40. The number of benzene rings is 5. The summed E-state index contributed by atoms with van der Waals surface area (Å²) >= 11 is 0. The van der Waals surface area contributed by atoms with Crippen LogP contribution in [0.1, 0.15) is 102 Å². The number of nitrogens with one attached hydrogen (secondary N) is 5. The zero-order chi connectivity index (χ0) is 60.4. The van der Waals surface area contributed by atoms with E-state index in [1.807, 2.05) is 66.9 Å². The predicted molar refractivity (Wildman–Crippen MR) is 322 cm³/mol. The van der Waals surface area contributed by atoms with Crippen molar-refractivity contribution in [2.45, 2.75) is 103 Å². The Labute approximate surface area is 489 Å². The Hall–Kier alpha value is -8.95. The molecule has 0 bridgehead atoms. The van der Waals surface area contributed by atoms with E-state index >= 15 is 0 Å². The van der Waals surface area contributed by atoms with Crippen molar-refractivity contribution in [2.75, 3.05) is 44.7 Å². The molecular formula is C63H73N9O11S. The number of carbonyl (C=O) groups is 5. The zero-order valence-electron chi connectivity index (χ0n) is 48.2. The first kappa shape index (κ1) is 62.6. The second-order valence-electron chi connectivity index (χ2n) is 21.2. The number of ether oxygens (including phenoxy) is 2. The Morgan fingerprint density at radius 1 is 0.702 bits per heavy atom. The molecule has 0 atom stereocenters. The fourth-order valence-corrected chi connectivity index (χ4v) is 11.4. The Kier molecular flexibility index (Phi) is 21.5. The van der Waals surface area contributed by atoms with Gasteiger partial charge >= 0.3 is 12.1 Å². The van der Waals surface area contributed by atoms with Crippen LogP contribution in [0.2, 0.25) is 0 Å². The van der Waals surface area contributed by atoms with Crippen LogP contribution in [0, 0.1) is 20.8 Å². The lowest BCUT2D eigenvalue weighted by Crippen LogP contribution is -2.38. The van der Waals surface area contributed by atoms with Gasteiger partial charge in [-0.3, -0.25) is 23.7 Å². The van der Waals surface area contributed by atoms with Gasteiger partial charge in [-0.05, 0) is 106 Å². The SMILES string of the molecule is Cc1cc(C)c(S(=O)(=O)/N=C(\CNC(=O)c2cn(CCCNC(=O)CCC(=O)NCCCOCCCNC(=O)OC(C)(C)C)c3cc(CNc4nccn4C(c4ccccc4)(c4ccccc4)c4ccccc4)ccc3c2=O)C(=O)O)c(C)c1. The number of alkyl carbamates (subject to hydrolysis) is 1. The van der Waals surface area contributed by atoms with Crippen molar-refractivity contribution in [3.63, 3.8) is 0 Å². The highest BCUT2D eigenvalue weighted by atomic mass is 32.2. The normalized spacial score (nSPS) is 11.9. The van der Waals surface area contributed by atoms with Gasteiger partial charge < -0.3 is 45.7 Å². The molecule has 0 radical (unpaired) electrons. The molecule has 2 heterocycles. The van der Waals surface area contributed by atoms with Crippen LogP contribution in [0.25, 0.3) is 10.9 Å². The average molecular weight is 1160 g/mol. The number of hydrogen-bond donors (Lipinski definition) is 6. The van der Waals surface area contributed by atoms with Gasteiger partial charge in [-0.2, -0.15) is 12.8 Å². The minimum absolute atomic E-state index is 0.0415. The van der Waals surface area contributed by atoms with Gasteiger partial charge in [-0.15, -0.1) is 0 Å². The van der Waals surface area contributed by atoms with Crippen molar-refractivity contribution < 1.29 is 47.0 Å². The molecule has 7 aromatic rings. The number of fused-ring (bicyclic) bond motifs is 1. The number of amides is 4. The Morgan fingerprint density at radius 2 is 1.25 bits per heavy atom. The number of anilines is 1. The molecule has 7 rings (SSSR count). The molecular weight excluding hydrogens is 1090 g/mol. The topological polar surface area (TPSA) is 271 Å². The van der Waals surface area contributed by atoms with E-state index in [9.17, 15) is 42.3 Å². The summed E-state index contributed by atoms with van der Waals surface area (Å²) in [7, 11) is -4.54. The van der Waals surface area contributed by atoms with E-state index in [4.69, 9.17) is 14.5 Å². The van der Waals surface area contributed by atoms with E-state index in [0.29, 0.717) is 68.2 Å². The quantitative estimate of drug-likeness (QED) is 0.0155. The maximum Gasteiger partial charge on any atom is 0.407 e. The average Bonchev–Trinajstić information content (AvgIpc) is 2.14. The molecule has 0 saturated heterocycles. The summed E-state index contributed by atoms with van der Waals surface area (Å²) < 4.78 is 45.2. The van der Waals surface area contributed by atoms with Crippen LogP contribution < -0.4 is 32.0 Å². The third kappa shape index (κ3) is 16.4. The highest BCUT2D eigenvalue weighted by molar-refractivity contribution is 7.90. The van der Waals surface area contributed by atoms with E-state index in [1.165, 1.54) is 6.20 Å². The van der Waals surface area contributed by atoms with Crippen LogP contribution in [-0.4, -0.2) is 108 Å². The molecule has 4 amide bonds. The van der Waals surface area contributed by atoms with Gasteiger partial charge in [0.05, 0.1) is 17.0 Å². The fraction of sp³-hybridized carbons (Fsp3) is 0.333. The van der Waals surface area contributed by atoms with Crippen molar-refractivity contribution >= 4 is 62.4 Å². The van der Waals surface area contributed by atoms with Crippen molar-refractivity contribution in [3.8, 4) is 0 Å². The molecule has 6 N–H and O–H groups in total. The predicted octanol–water partition coefficient (Wildman–Crippen LogP) is 7.94. The molecule has 0 unspecified atom stereocenters. The number of sulfonamides is 1. The molecule has 0 spiro atoms. The lowest BCUT2D eigenvalue weighted by molar-refractivity contribution is -0.129. The summed E-state index contributed by atoms with van der Waals surface area (Å²) in [4.78, 5) is 82.7. The van der Waals surface area contributed by atoms with E-state index in [-0.39, 0.29) is 60.1 Å². The van der Waals surface area contributed by atoms with E-state index < -0.39 is 56.8 Å². The van der Waals surface area contributed by atoms with Crippen LogP contribution in [0.4, 0.5) is 10.7 Å². The molecule has 84 heavy (non-hydrogen) atoms. The number of rotatable bonds is 28. The lowest BCUT2D eigenvalue weighted by Gasteiger charge is -2.38. The van der Waals surface area contributed by atoms with E-state index in [1.54, 1.807) is 76.6 Å². The van der Waals surface area contributed by atoms with Crippen LogP contribution in [0.3, 0.4) is 0 Å². The number of carboxylic acids is 1. The van der Waals surface area contributed by atoms with Crippen LogP contribution in [-0.2, 0) is 52.5 Å². The monoisotopic (exact) mass is 1160 g/mol. The third-order valence-corrected chi connectivity index (χ3v) is 15.2. The van der Waals surface area contributed by atoms with Gasteiger partial charge in [0.15, 0.2) is 5.71 Å². The second kappa shape index (κ2) is 28.8. The second-order valence-corrected chi connectivity index (χ2v) is 22.8. The Morgan fingerprint density at radius 3 is 1.80 bits per heavy atom. The van der Waals surface area contributed by atoms with Gasteiger partial charge in [0, 0.05) is 82.8 Å². The molecule has 0 fully saturated rings. The third-order valence-electron chi connectivity index (χ3n) is 13.6. The van der Waals surface area contributed by atoms with Crippen LogP contribution in [0.15, 0.2) is 154 Å². The number of pyridine rings is 1. The number of nitrogens with zero attached hydrogens (tertiary/aromatic N) is 4. The first-order valence-electron chi connectivity index (χ1n) is 27.8. The van der Waals surface area contributed by atoms with Gasteiger partial charge in [0.25, 0.3) is 15.9 Å². The molecule has 5 aromatic carbocycles. The molecule has 442 valence electrons. The van der Waals surface area contributed by atoms with Gasteiger partial charge in [-0.1, -0.05) is 115 Å². The summed E-state index contributed by atoms with van der Waals surface area (Å²) in [5, 5.41) is 24.5. The van der Waals surface area contributed by atoms with Gasteiger partial charge in [-0.25, -0.2) is 14.6 Å². The minimum Gasteiger partial charge on any atom is -0.477 e. The first-order valence-corrected chi connectivity index (χ1v) is 29.2. The van der Waals surface area contributed by atoms with E-state index in [2.05, 4.69) is 71.9 Å². The van der Waals surface area contributed by atoms with Gasteiger partial charge in [0.2, 0.25) is 23.2 Å².